The van der Waals surface area contributed by atoms with Gasteiger partial charge in [-0.25, -0.2) is 0 Å². The highest BCUT2D eigenvalue weighted by atomic mass is 16.1. The summed E-state index contributed by atoms with van der Waals surface area (Å²) in [6.07, 6.45) is 4.49. The molecule has 0 N–H and O–H groups in total. The molecule has 2 aromatic rings. The quantitative estimate of drug-likeness (QED) is 0.627. The summed E-state index contributed by atoms with van der Waals surface area (Å²) in [4.78, 5) is 11.7. The van der Waals surface area contributed by atoms with Crippen LogP contribution in [-0.4, -0.2) is 5.78 Å². The lowest BCUT2D eigenvalue weighted by molar-refractivity contribution is 0.0994. The molecule has 0 saturated carbocycles. The lowest BCUT2D eigenvalue weighted by atomic mass is 9.93. The Kier molecular flexibility index (Phi) is 1.72. The van der Waals surface area contributed by atoms with Gasteiger partial charge in [-0.15, -0.1) is 0 Å². The van der Waals surface area contributed by atoms with Crippen LogP contribution in [0.4, 0.5) is 0 Å². The minimum absolute atomic E-state index is 0.221. The summed E-state index contributed by atoms with van der Waals surface area (Å²) in [5, 5.41) is 2.33. The first-order valence-corrected chi connectivity index (χ1v) is 5.07. The highest BCUT2D eigenvalue weighted by Crippen LogP contribution is 2.25. The zero-order valence-electron chi connectivity index (χ0n) is 8.23. The zero-order valence-corrected chi connectivity index (χ0v) is 8.23. The number of Topliss-reactive ketones (excluding diaryl/α,β-unsaturated/α-hetero) is 1. The molecular formula is C14H10O. The van der Waals surface area contributed by atoms with Gasteiger partial charge in [0.15, 0.2) is 5.78 Å². The molecule has 3 rings (SSSR count). The van der Waals surface area contributed by atoms with E-state index < -0.39 is 0 Å². The van der Waals surface area contributed by atoms with Crippen LogP contribution in [0.1, 0.15) is 22.3 Å². The fraction of sp³-hybridized carbons (Fsp3) is 0.0714. The molecule has 0 radical (unpaired) electrons. The van der Waals surface area contributed by atoms with E-state index in [1.165, 1.54) is 5.39 Å². The minimum atomic E-state index is 0.221. The normalized spacial score (nSPS) is 14.3. The maximum Gasteiger partial charge on any atom is 0.167 e. The van der Waals surface area contributed by atoms with Crippen molar-refractivity contribution in [1.29, 1.82) is 0 Å². The van der Waals surface area contributed by atoms with Crippen LogP contribution in [0.2, 0.25) is 0 Å². The number of carbonyl (C=O) groups is 1. The first kappa shape index (κ1) is 8.42. The van der Waals surface area contributed by atoms with E-state index in [1.807, 2.05) is 36.4 Å². The lowest BCUT2D eigenvalue weighted by Gasteiger charge is -2.10. The van der Waals surface area contributed by atoms with Gasteiger partial charge in [0.05, 0.1) is 0 Å². The van der Waals surface area contributed by atoms with Gasteiger partial charge < -0.3 is 0 Å². The van der Waals surface area contributed by atoms with Gasteiger partial charge >= 0.3 is 0 Å². The van der Waals surface area contributed by atoms with Crippen LogP contribution in [0.5, 0.6) is 0 Å². The second-order valence-corrected chi connectivity index (χ2v) is 3.82. The molecule has 2 aromatic carbocycles. The van der Waals surface area contributed by atoms with E-state index in [1.54, 1.807) is 0 Å². The molecule has 72 valence electrons. The maximum atomic E-state index is 11.7. The highest BCUT2D eigenvalue weighted by molar-refractivity contribution is 6.06. The number of carbonyl (C=O) groups excluding carboxylic acids is 1. The Morgan fingerprint density at radius 2 is 1.73 bits per heavy atom. The Morgan fingerprint density at radius 1 is 1.00 bits per heavy atom. The van der Waals surface area contributed by atoms with Gasteiger partial charge in [0.2, 0.25) is 0 Å². The molecule has 1 aliphatic carbocycles. The molecule has 1 aliphatic rings. The molecule has 0 atom stereocenters. The molecule has 0 saturated heterocycles. The minimum Gasteiger partial charge on any atom is -0.294 e. The Hall–Kier alpha value is -1.89. The summed E-state index contributed by atoms with van der Waals surface area (Å²) >= 11 is 0. The number of benzene rings is 2. The average molecular weight is 194 g/mol. The number of rotatable bonds is 0. The summed E-state index contributed by atoms with van der Waals surface area (Å²) in [6.45, 7) is 0. The van der Waals surface area contributed by atoms with Crippen molar-refractivity contribution in [2.45, 2.75) is 6.42 Å². The number of hydrogen-bond acceptors (Lipinski definition) is 1. The summed E-state index contributed by atoms with van der Waals surface area (Å²) in [5.74, 6) is 0.221. The summed E-state index contributed by atoms with van der Waals surface area (Å²) in [6, 6.07) is 12.2. The van der Waals surface area contributed by atoms with Crippen molar-refractivity contribution < 1.29 is 4.79 Å². The van der Waals surface area contributed by atoms with Crippen LogP contribution in [0, 0.1) is 0 Å². The SMILES string of the molecule is O=C1CC=Cc2cc3ccccc3cc21. The van der Waals surface area contributed by atoms with E-state index >= 15 is 0 Å². The van der Waals surface area contributed by atoms with Crippen molar-refractivity contribution in [3.05, 3.63) is 53.6 Å². The second kappa shape index (κ2) is 3.06. The number of fused-ring (bicyclic) bond motifs is 2. The Labute approximate surface area is 88.0 Å². The third-order valence-electron chi connectivity index (χ3n) is 2.82. The predicted molar refractivity (Wildman–Crippen MR) is 61.9 cm³/mol. The predicted octanol–water partition coefficient (Wildman–Crippen LogP) is 3.44. The topological polar surface area (TPSA) is 17.1 Å². The van der Waals surface area contributed by atoms with E-state index in [-0.39, 0.29) is 5.78 Å². The van der Waals surface area contributed by atoms with Gasteiger partial charge in [0.25, 0.3) is 0 Å². The molecule has 15 heavy (non-hydrogen) atoms. The van der Waals surface area contributed by atoms with E-state index in [9.17, 15) is 4.79 Å². The van der Waals surface area contributed by atoms with Crippen LogP contribution in [0.15, 0.2) is 42.5 Å². The molecule has 0 fully saturated rings. The van der Waals surface area contributed by atoms with Crippen molar-refractivity contribution in [2.75, 3.05) is 0 Å². The second-order valence-electron chi connectivity index (χ2n) is 3.82. The first-order chi connectivity index (χ1) is 7.34. The molecule has 0 aromatic heterocycles. The standard InChI is InChI=1S/C14H10O/c15-14-7-3-6-12-8-10-4-1-2-5-11(10)9-13(12)14/h1-6,8-9H,7H2. The summed E-state index contributed by atoms with van der Waals surface area (Å²) < 4.78 is 0. The van der Waals surface area contributed by atoms with Crippen LogP contribution in [0.25, 0.3) is 16.8 Å². The van der Waals surface area contributed by atoms with Crippen LogP contribution >= 0.6 is 0 Å². The van der Waals surface area contributed by atoms with Gasteiger partial charge in [-0.05, 0) is 28.5 Å². The molecule has 1 nitrogen and oxygen atoms in total. The molecule has 0 bridgehead atoms. The van der Waals surface area contributed by atoms with Crippen molar-refractivity contribution in [3.63, 3.8) is 0 Å². The maximum absolute atomic E-state index is 11.7. The molecule has 0 unspecified atom stereocenters. The van der Waals surface area contributed by atoms with Gasteiger partial charge in [-0.2, -0.15) is 0 Å². The summed E-state index contributed by atoms with van der Waals surface area (Å²) in [5.41, 5.74) is 1.90. The largest absolute Gasteiger partial charge is 0.294 e. The van der Waals surface area contributed by atoms with E-state index in [0.29, 0.717) is 6.42 Å². The molecule has 0 aliphatic heterocycles. The molecule has 1 heteroatoms. The fourth-order valence-corrected chi connectivity index (χ4v) is 2.04. The van der Waals surface area contributed by atoms with Crippen molar-refractivity contribution in [3.8, 4) is 0 Å². The summed E-state index contributed by atoms with van der Waals surface area (Å²) in [7, 11) is 0. The van der Waals surface area contributed by atoms with Crippen LogP contribution < -0.4 is 0 Å². The zero-order chi connectivity index (χ0) is 10.3. The molecule has 0 amide bonds. The van der Waals surface area contributed by atoms with E-state index in [2.05, 4.69) is 12.1 Å². The molecular weight excluding hydrogens is 184 g/mol. The van der Waals surface area contributed by atoms with Gasteiger partial charge in [-0.3, -0.25) is 4.79 Å². The van der Waals surface area contributed by atoms with Crippen molar-refractivity contribution >= 4 is 22.6 Å². The number of ketones is 1. The Morgan fingerprint density at radius 3 is 2.53 bits per heavy atom. The van der Waals surface area contributed by atoms with Crippen molar-refractivity contribution in [2.24, 2.45) is 0 Å². The van der Waals surface area contributed by atoms with Crippen LogP contribution in [-0.2, 0) is 0 Å². The first-order valence-electron chi connectivity index (χ1n) is 5.07. The third kappa shape index (κ3) is 1.28. The third-order valence-corrected chi connectivity index (χ3v) is 2.82. The van der Waals surface area contributed by atoms with Gasteiger partial charge in [0.1, 0.15) is 0 Å². The fourth-order valence-electron chi connectivity index (χ4n) is 2.04. The van der Waals surface area contributed by atoms with Gasteiger partial charge in [-0.1, -0.05) is 36.4 Å². The smallest absolute Gasteiger partial charge is 0.167 e. The van der Waals surface area contributed by atoms with E-state index in [4.69, 9.17) is 0 Å². The molecule has 0 spiro atoms. The Bertz CT molecular complexity index is 579. The average Bonchev–Trinajstić information content (AvgIpc) is 2.27. The Balaban J connectivity index is 2.38. The van der Waals surface area contributed by atoms with Crippen molar-refractivity contribution in [1.82, 2.24) is 0 Å². The van der Waals surface area contributed by atoms with Gasteiger partial charge in [0, 0.05) is 12.0 Å². The van der Waals surface area contributed by atoms with E-state index in [0.717, 1.165) is 16.5 Å². The monoisotopic (exact) mass is 194 g/mol. The molecule has 0 heterocycles. The van der Waals surface area contributed by atoms with Crippen LogP contribution in [0.3, 0.4) is 0 Å². The number of hydrogen-bond donors (Lipinski definition) is 0. The number of allylic oxidation sites excluding steroid dienone is 1. The lowest BCUT2D eigenvalue weighted by Crippen LogP contribution is -2.03. The highest BCUT2D eigenvalue weighted by Gasteiger charge is 2.13.